The van der Waals surface area contributed by atoms with Gasteiger partial charge in [-0.15, -0.1) is 0 Å². The van der Waals surface area contributed by atoms with Crippen molar-refractivity contribution >= 4 is 11.9 Å². The number of carboxylic acid groups (broad SMARTS) is 1. The van der Waals surface area contributed by atoms with Crippen LogP contribution in [0.4, 0.5) is 0 Å². The summed E-state index contributed by atoms with van der Waals surface area (Å²) in [6.45, 7) is 6.20. The second kappa shape index (κ2) is 6.92. The number of rotatable bonds is 6. The number of hydrogen-bond donors (Lipinski definition) is 1. The molecular formula is C15H27NO3. The summed E-state index contributed by atoms with van der Waals surface area (Å²) in [5.41, 5.74) is 0. The molecule has 0 aliphatic heterocycles. The molecule has 0 heterocycles. The van der Waals surface area contributed by atoms with Gasteiger partial charge in [-0.1, -0.05) is 27.2 Å². The fourth-order valence-corrected chi connectivity index (χ4v) is 3.30. The molecule has 110 valence electrons. The third-order valence-electron chi connectivity index (χ3n) is 4.71. The van der Waals surface area contributed by atoms with Crippen LogP contribution in [0.5, 0.6) is 0 Å². The van der Waals surface area contributed by atoms with Crippen molar-refractivity contribution in [2.24, 2.45) is 17.8 Å². The quantitative estimate of drug-likeness (QED) is 0.806. The Kier molecular flexibility index (Phi) is 5.83. The largest absolute Gasteiger partial charge is 0.481 e. The van der Waals surface area contributed by atoms with Gasteiger partial charge in [0.05, 0.1) is 11.8 Å². The highest BCUT2D eigenvalue weighted by atomic mass is 16.4. The van der Waals surface area contributed by atoms with E-state index in [-0.39, 0.29) is 17.9 Å². The number of amides is 1. The number of carbonyl (C=O) groups is 2. The molecule has 1 fully saturated rings. The van der Waals surface area contributed by atoms with Crippen LogP contribution in [0.25, 0.3) is 0 Å². The second-order valence-corrected chi connectivity index (χ2v) is 5.72. The van der Waals surface area contributed by atoms with Crippen LogP contribution in [0.3, 0.4) is 0 Å². The molecule has 3 unspecified atom stereocenters. The summed E-state index contributed by atoms with van der Waals surface area (Å²) in [6, 6.07) is 0.225. The number of aliphatic carboxylic acids is 1. The number of nitrogens with zero attached hydrogens (tertiary/aromatic N) is 1. The lowest BCUT2D eigenvalue weighted by Gasteiger charge is -2.30. The standard InChI is InChI=1S/C15H27NO3/c1-5-10-8-12(13(9-10)15(18)19)14(17)16(4)11(6-2)7-3/h10-13H,5-9H2,1-4H3,(H,18,19). The van der Waals surface area contributed by atoms with Crippen molar-refractivity contribution in [2.45, 2.75) is 58.9 Å². The van der Waals surface area contributed by atoms with Gasteiger partial charge in [0, 0.05) is 13.1 Å². The summed E-state index contributed by atoms with van der Waals surface area (Å²) in [5.74, 6) is -1.23. The fraction of sp³-hybridized carbons (Fsp3) is 0.867. The minimum absolute atomic E-state index is 0.0250. The van der Waals surface area contributed by atoms with Crippen LogP contribution < -0.4 is 0 Å². The van der Waals surface area contributed by atoms with E-state index in [0.717, 1.165) is 25.7 Å². The minimum Gasteiger partial charge on any atom is -0.481 e. The number of carboxylic acids is 1. The summed E-state index contributed by atoms with van der Waals surface area (Å²) in [6.07, 6.45) is 4.18. The van der Waals surface area contributed by atoms with Gasteiger partial charge in [0.2, 0.25) is 5.91 Å². The average Bonchev–Trinajstić information content (AvgIpc) is 2.83. The summed E-state index contributed by atoms with van der Waals surface area (Å²) in [7, 11) is 1.82. The van der Waals surface area contributed by atoms with E-state index >= 15 is 0 Å². The van der Waals surface area contributed by atoms with E-state index in [1.807, 2.05) is 7.05 Å². The number of hydrogen-bond acceptors (Lipinski definition) is 2. The molecule has 0 spiro atoms. The van der Waals surface area contributed by atoms with Crippen molar-refractivity contribution in [2.75, 3.05) is 7.05 Å². The molecule has 0 aromatic rings. The van der Waals surface area contributed by atoms with E-state index in [9.17, 15) is 14.7 Å². The Morgan fingerprint density at radius 3 is 2.11 bits per heavy atom. The molecule has 1 aliphatic rings. The van der Waals surface area contributed by atoms with Crippen LogP contribution in [0.2, 0.25) is 0 Å². The molecular weight excluding hydrogens is 242 g/mol. The maximum absolute atomic E-state index is 12.5. The molecule has 0 aromatic carbocycles. The molecule has 0 bridgehead atoms. The van der Waals surface area contributed by atoms with Crippen molar-refractivity contribution in [1.82, 2.24) is 4.90 Å². The van der Waals surface area contributed by atoms with E-state index in [4.69, 9.17) is 0 Å². The molecule has 0 saturated heterocycles. The van der Waals surface area contributed by atoms with Crippen molar-refractivity contribution in [3.05, 3.63) is 0 Å². The van der Waals surface area contributed by atoms with Gasteiger partial charge >= 0.3 is 5.97 Å². The highest BCUT2D eigenvalue weighted by Crippen LogP contribution is 2.39. The van der Waals surface area contributed by atoms with Crippen LogP contribution >= 0.6 is 0 Å². The van der Waals surface area contributed by atoms with E-state index in [1.165, 1.54) is 0 Å². The average molecular weight is 269 g/mol. The van der Waals surface area contributed by atoms with Gasteiger partial charge < -0.3 is 10.0 Å². The zero-order valence-corrected chi connectivity index (χ0v) is 12.6. The fourth-order valence-electron chi connectivity index (χ4n) is 3.30. The molecule has 19 heavy (non-hydrogen) atoms. The van der Waals surface area contributed by atoms with Gasteiger partial charge in [-0.2, -0.15) is 0 Å². The van der Waals surface area contributed by atoms with Crippen molar-refractivity contribution in [3.63, 3.8) is 0 Å². The normalized spacial score (nSPS) is 26.7. The Bertz CT molecular complexity index is 325. The van der Waals surface area contributed by atoms with Crippen LogP contribution in [0, 0.1) is 17.8 Å². The third-order valence-corrected chi connectivity index (χ3v) is 4.71. The molecule has 4 nitrogen and oxygen atoms in total. The zero-order valence-electron chi connectivity index (χ0n) is 12.6. The van der Waals surface area contributed by atoms with E-state index < -0.39 is 11.9 Å². The Morgan fingerprint density at radius 2 is 1.68 bits per heavy atom. The van der Waals surface area contributed by atoms with Crippen LogP contribution in [0.15, 0.2) is 0 Å². The first-order chi connectivity index (χ1) is 8.96. The topological polar surface area (TPSA) is 57.6 Å². The first-order valence-electron chi connectivity index (χ1n) is 7.45. The molecule has 4 heteroatoms. The van der Waals surface area contributed by atoms with Gasteiger partial charge in [-0.3, -0.25) is 9.59 Å². The lowest BCUT2D eigenvalue weighted by molar-refractivity contribution is -0.149. The Morgan fingerprint density at radius 1 is 1.16 bits per heavy atom. The van der Waals surface area contributed by atoms with Crippen molar-refractivity contribution < 1.29 is 14.7 Å². The highest BCUT2D eigenvalue weighted by molar-refractivity contribution is 5.85. The Labute approximate surface area is 116 Å². The summed E-state index contributed by atoms with van der Waals surface area (Å²) < 4.78 is 0. The molecule has 1 rings (SSSR count). The zero-order chi connectivity index (χ0) is 14.6. The predicted molar refractivity (Wildman–Crippen MR) is 74.8 cm³/mol. The van der Waals surface area contributed by atoms with E-state index in [0.29, 0.717) is 12.3 Å². The summed E-state index contributed by atoms with van der Waals surface area (Å²) in [4.78, 5) is 25.7. The molecule has 1 aliphatic carbocycles. The van der Waals surface area contributed by atoms with Gasteiger partial charge in [0.1, 0.15) is 0 Å². The third kappa shape index (κ3) is 3.48. The van der Waals surface area contributed by atoms with E-state index in [2.05, 4.69) is 20.8 Å². The lowest BCUT2D eigenvalue weighted by Crippen LogP contribution is -2.42. The SMILES string of the molecule is CCC1CC(C(=O)O)C(C(=O)N(C)C(CC)CC)C1. The number of carbonyl (C=O) groups excluding carboxylic acids is 1. The predicted octanol–water partition coefficient (Wildman–Crippen LogP) is 2.77. The van der Waals surface area contributed by atoms with Gasteiger partial charge in [0.15, 0.2) is 0 Å². The molecule has 3 atom stereocenters. The second-order valence-electron chi connectivity index (χ2n) is 5.72. The summed E-state index contributed by atoms with van der Waals surface area (Å²) in [5, 5.41) is 9.31. The first kappa shape index (κ1) is 16.0. The van der Waals surface area contributed by atoms with E-state index in [1.54, 1.807) is 4.90 Å². The molecule has 1 N–H and O–H groups in total. The Balaban J connectivity index is 2.81. The first-order valence-corrected chi connectivity index (χ1v) is 7.45. The van der Waals surface area contributed by atoms with Crippen LogP contribution in [-0.2, 0) is 9.59 Å². The smallest absolute Gasteiger partial charge is 0.307 e. The van der Waals surface area contributed by atoms with Crippen molar-refractivity contribution in [1.29, 1.82) is 0 Å². The van der Waals surface area contributed by atoms with Crippen LogP contribution in [0.1, 0.15) is 52.9 Å². The molecule has 1 saturated carbocycles. The molecule has 0 aromatic heterocycles. The molecule has 1 amide bonds. The summed E-state index contributed by atoms with van der Waals surface area (Å²) >= 11 is 0. The van der Waals surface area contributed by atoms with Gasteiger partial charge in [0.25, 0.3) is 0 Å². The van der Waals surface area contributed by atoms with Gasteiger partial charge in [-0.25, -0.2) is 0 Å². The maximum Gasteiger partial charge on any atom is 0.307 e. The minimum atomic E-state index is -0.813. The monoisotopic (exact) mass is 269 g/mol. The van der Waals surface area contributed by atoms with Crippen molar-refractivity contribution in [3.8, 4) is 0 Å². The van der Waals surface area contributed by atoms with Gasteiger partial charge in [-0.05, 0) is 31.6 Å². The van der Waals surface area contributed by atoms with Crippen LogP contribution in [-0.4, -0.2) is 35.0 Å². The lowest BCUT2D eigenvalue weighted by atomic mass is 9.94. The maximum atomic E-state index is 12.5. The Hall–Kier alpha value is -1.06. The highest BCUT2D eigenvalue weighted by Gasteiger charge is 2.43. The molecule has 0 radical (unpaired) electrons.